The van der Waals surface area contributed by atoms with Crippen molar-refractivity contribution < 1.29 is 9.90 Å². The van der Waals surface area contributed by atoms with E-state index in [1.807, 2.05) is 30.5 Å². The maximum atomic E-state index is 10.9. The number of aromatic nitrogens is 5. The van der Waals surface area contributed by atoms with Gasteiger partial charge in [0, 0.05) is 23.5 Å². The first-order valence-electron chi connectivity index (χ1n) is 6.02. The minimum absolute atomic E-state index is 0.317. The second kappa shape index (κ2) is 5.00. The van der Waals surface area contributed by atoms with Gasteiger partial charge in [0.25, 0.3) is 0 Å². The molecule has 0 fully saturated rings. The van der Waals surface area contributed by atoms with Crippen LogP contribution in [0, 0.1) is 0 Å². The lowest BCUT2D eigenvalue weighted by Gasteiger charge is -2.12. The van der Waals surface area contributed by atoms with Crippen LogP contribution in [0.25, 0.3) is 10.9 Å². The predicted octanol–water partition coefficient (Wildman–Crippen LogP) is 1.23. The lowest BCUT2D eigenvalue weighted by atomic mass is 10.0. The number of aromatic amines is 2. The van der Waals surface area contributed by atoms with Crippen molar-refractivity contribution in [1.29, 1.82) is 0 Å². The highest BCUT2D eigenvalue weighted by Gasteiger charge is 2.20. The molecule has 3 aromatic rings. The molecule has 0 aliphatic carbocycles. The van der Waals surface area contributed by atoms with Gasteiger partial charge in [-0.15, -0.1) is 10.2 Å². The van der Waals surface area contributed by atoms with E-state index in [4.69, 9.17) is 5.11 Å². The van der Waals surface area contributed by atoms with E-state index in [0.29, 0.717) is 12.2 Å². The molecular formula is C12H12N6O2. The number of tetrazole rings is 1. The van der Waals surface area contributed by atoms with E-state index in [9.17, 15) is 4.79 Å². The Morgan fingerprint density at radius 2 is 2.25 bits per heavy atom. The summed E-state index contributed by atoms with van der Waals surface area (Å²) in [6.45, 7) is 0. The van der Waals surface area contributed by atoms with Crippen LogP contribution in [0.3, 0.4) is 0 Å². The van der Waals surface area contributed by atoms with Gasteiger partial charge in [-0.1, -0.05) is 23.4 Å². The monoisotopic (exact) mass is 272 g/mol. The molecule has 0 saturated heterocycles. The van der Waals surface area contributed by atoms with E-state index in [1.54, 1.807) is 0 Å². The summed E-state index contributed by atoms with van der Waals surface area (Å²) in [4.78, 5) is 14.0. The molecule has 0 saturated carbocycles. The highest BCUT2D eigenvalue weighted by Crippen LogP contribution is 2.22. The fraction of sp³-hybridized carbons (Fsp3) is 0.167. The van der Waals surface area contributed by atoms with Crippen LogP contribution >= 0.6 is 0 Å². The number of carbonyl (C=O) groups is 1. The molecule has 2 aromatic heterocycles. The molecule has 3 rings (SSSR count). The number of para-hydroxylation sites is 1. The number of benzene rings is 1. The lowest BCUT2D eigenvalue weighted by molar-refractivity contribution is 0.189. The molecule has 8 heteroatoms. The number of amides is 1. The largest absolute Gasteiger partial charge is 0.465 e. The number of hydrogen-bond acceptors (Lipinski definition) is 4. The van der Waals surface area contributed by atoms with Gasteiger partial charge >= 0.3 is 6.09 Å². The van der Waals surface area contributed by atoms with Gasteiger partial charge in [0.15, 0.2) is 5.82 Å². The Balaban J connectivity index is 1.91. The van der Waals surface area contributed by atoms with Crippen molar-refractivity contribution in [3.63, 3.8) is 0 Å². The van der Waals surface area contributed by atoms with E-state index in [-0.39, 0.29) is 0 Å². The lowest BCUT2D eigenvalue weighted by Crippen LogP contribution is -2.29. The molecular weight excluding hydrogens is 260 g/mol. The Hall–Kier alpha value is -2.90. The number of nitrogens with zero attached hydrogens (tertiary/aromatic N) is 3. The summed E-state index contributed by atoms with van der Waals surface area (Å²) in [5, 5.41) is 25.9. The van der Waals surface area contributed by atoms with Crippen LogP contribution in [0.2, 0.25) is 0 Å². The zero-order valence-electron chi connectivity index (χ0n) is 10.4. The number of fused-ring (bicyclic) bond motifs is 1. The van der Waals surface area contributed by atoms with Crippen LogP contribution in [-0.4, -0.2) is 36.8 Å². The third-order valence-electron chi connectivity index (χ3n) is 3.07. The number of hydrogen-bond donors (Lipinski definition) is 4. The molecule has 2 heterocycles. The third kappa shape index (κ3) is 2.30. The van der Waals surface area contributed by atoms with E-state index in [1.165, 1.54) is 0 Å². The molecule has 1 aromatic carbocycles. The summed E-state index contributed by atoms with van der Waals surface area (Å²) < 4.78 is 0. The Bertz CT molecular complexity index is 720. The van der Waals surface area contributed by atoms with Crippen molar-refractivity contribution >= 4 is 17.0 Å². The van der Waals surface area contributed by atoms with Crippen molar-refractivity contribution in [3.05, 3.63) is 41.9 Å². The van der Waals surface area contributed by atoms with Crippen LogP contribution < -0.4 is 5.32 Å². The summed E-state index contributed by atoms with van der Waals surface area (Å²) >= 11 is 0. The maximum Gasteiger partial charge on any atom is 0.405 e. The maximum absolute atomic E-state index is 10.9. The van der Waals surface area contributed by atoms with Crippen LogP contribution in [0.4, 0.5) is 4.79 Å². The minimum atomic E-state index is -1.13. The van der Waals surface area contributed by atoms with Gasteiger partial charge in [-0.2, -0.15) is 5.21 Å². The molecule has 0 radical (unpaired) electrons. The molecule has 102 valence electrons. The first-order valence-corrected chi connectivity index (χ1v) is 6.02. The number of H-pyrrole nitrogens is 2. The van der Waals surface area contributed by atoms with Gasteiger partial charge in [-0.05, 0) is 11.6 Å². The van der Waals surface area contributed by atoms with Gasteiger partial charge < -0.3 is 15.4 Å². The van der Waals surface area contributed by atoms with Crippen molar-refractivity contribution in [3.8, 4) is 0 Å². The number of nitrogens with one attached hydrogen (secondary N) is 3. The molecule has 0 aliphatic heterocycles. The van der Waals surface area contributed by atoms with Gasteiger partial charge in [-0.25, -0.2) is 4.79 Å². The molecule has 1 amide bonds. The minimum Gasteiger partial charge on any atom is -0.465 e. The molecule has 4 N–H and O–H groups in total. The van der Waals surface area contributed by atoms with Crippen LogP contribution in [0.5, 0.6) is 0 Å². The zero-order valence-corrected chi connectivity index (χ0v) is 10.4. The topological polar surface area (TPSA) is 120 Å². The van der Waals surface area contributed by atoms with E-state index >= 15 is 0 Å². The van der Waals surface area contributed by atoms with E-state index in [2.05, 4.69) is 30.9 Å². The molecule has 1 unspecified atom stereocenters. The quantitative estimate of drug-likeness (QED) is 0.569. The highest BCUT2D eigenvalue weighted by molar-refractivity contribution is 5.83. The average molecular weight is 272 g/mol. The smallest absolute Gasteiger partial charge is 0.405 e. The molecule has 0 spiro atoms. The molecule has 0 bridgehead atoms. The van der Waals surface area contributed by atoms with Gasteiger partial charge in [0.2, 0.25) is 0 Å². The van der Waals surface area contributed by atoms with Crippen molar-refractivity contribution in [2.75, 3.05) is 0 Å². The number of rotatable bonds is 4. The van der Waals surface area contributed by atoms with Crippen LogP contribution in [0.1, 0.15) is 17.4 Å². The molecule has 0 aliphatic rings. The van der Waals surface area contributed by atoms with Crippen LogP contribution in [-0.2, 0) is 6.42 Å². The molecule has 8 nitrogen and oxygen atoms in total. The van der Waals surface area contributed by atoms with Gasteiger partial charge in [0.05, 0.1) is 0 Å². The Labute approximate surface area is 113 Å². The van der Waals surface area contributed by atoms with Gasteiger partial charge in [-0.3, -0.25) is 0 Å². The second-order valence-corrected chi connectivity index (χ2v) is 4.34. The zero-order chi connectivity index (χ0) is 13.9. The second-order valence-electron chi connectivity index (χ2n) is 4.34. The highest BCUT2D eigenvalue weighted by atomic mass is 16.4. The summed E-state index contributed by atoms with van der Waals surface area (Å²) in [7, 11) is 0. The van der Waals surface area contributed by atoms with Crippen molar-refractivity contribution in [2.45, 2.75) is 12.5 Å². The third-order valence-corrected chi connectivity index (χ3v) is 3.07. The summed E-state index contributed by atoms with van der Waals surface area (Å²) in [6, 6.07) is 7.27. The molecule has 1 atom stereocenters. The van der Waals surface area contributed by atoms with E-state index < -0.39 is 12.1 Å². The van der Waals surface area contributed by atoms with Crippen molar-refractivity contribution in [2.24, 2.45) is 0 Å². The van der Waals surface area contributed by atoms with Gasteiger partial charge in [0.1, 0.15) is 6.04 Å². The summed E-state index contributed by atoms with van der Waals surface area (Å²) in [5.74, 6) is 0.317. The molecule has 20 heavy (non-hydrogen) atoms. The Kier molecular flexibility index (Phi) is 3.04. The van der Waals surface area contributed by atoms with Crippen LogP contribution in [0.15, 0.2) is 30.5 Å². The SMILES string of the molecule is O=C(O)NC(Cc1c[nH]c2ccccc12)c1nn[nH]n1. The number of carboxylic acid groups (broad SMARTS) is 1. The fourth-order valence-electron chi connectivity index (χ4n) is 2.19. The summed E-state index contributed by atoms with van der Waals surface area (Å²) in [5.41, 5.74) is 1.99. The van der Waals surface area contributed by atoms with E-state index in [0.717, 1.165) is 16.5 Å². The van der Waals surface area contributed by atoms with Crippen molar-refractivity contribution in [1.82, 2.24) is 30.9 Å². The fourth-order valence-corrected chi connectivity index (χ4v) is 2.19. The first kappa shape index (κ1) is 12.2. The normalized spacial score (nSPS) is 12.4. The first-order chi connectivity index (χ1) is 9.74. The predicted molar refractivity (Wildman–Crippen MR) is 70.1 cm³/mol. The Morgan fingerprint density at radius 3 is 3.00 bits per heavy atom. The average Bonchev–Trinajstić information content (AvgIpc) is 3.07. The Morgan fingerprint density at radius 1 is 1.40 bits per heavy atom. The summed E-state index contributed by atoms with van der Waals surface area (Å²) in [6.07, 6.45) is 1.18. The standard InChI is InChI=1S/C12H12N6O2/c19-12(20)14-10(11-15-17-18-16-11)5-7-6-13-9-4-2-1-3-8(7)9/h1-4,6,10,13-14H,5H2,(H,19,20)(H,15,16,17,18).